The summed E-state index contributed by atoms with van der Waals surface area (Å²) in [6, 6.07) is 7.68. The number of fused-ring (bicyclic) bond motifs is 1. The molecule has 0 atom stereocenters. The van der Waals surface area contributed by atoms with Crippen molar-refractivity contribution >= 4 is 27.9 Å². The van der Waals surface area contributed by atoms with E-state index in [0.29, 0.717) is 5.92 Å². The van der Waals surface area contributed by atoms with Gasteiger partial charge in [-0.15, -0.1) is 10.2 Å². The molecule has 3 aromatic rings. The van der Waals surface area contributed by atoms with Gasteiger partial charge >= 0.3 is 0 Å². The lowest BCUT2D eigenvalue weighted by Gasteiger charge is -1.99. The molecule has 0 bridgehead atoms. The summed E-state index contributed by atoms with van der Waals surface area (Å²) in [6.07, 6.45) is 0.880. The molecule has 0 spiro atoms. The second-order valence-corrected chi connectivity index (χ2v) is 6.22. The van der Waals surface area contributed by atoms with Gasteiger partial charge in [0.05, 0.1) is 0 Å². The molecule has 4 nitrogen and oxygen atoms in total. The van der Waals surface area contributed by atoms with Gasteiger partial charge in [0.2, 0.25) is 4.96 Å². The van der Waals surface area contributed by atoms with Crippen molar-refractivity contribution in [1.29, 1.82) is 0 Å². The largest absolute Gasteiger partial charge is 0.234 e. The van der Waals surface area contributed by atoms with Crippen LogP contribution in [-0.4, -0.2) is 19.8 Å². The predicted molar refractivity (Wildman–Crippen MR) is 77.6 cm³/mol. The highest BCUT2D eigenvalue weighted by Crippen LogP contribution is 2.26. The minimum Gasteiger partial charge on any atom is -0.187 e. The third-order valence-electron chi connectivity index (χ3n) is 2.74. The van der Waals surface area contributed by atoms with Crippen LogP contribution < -0.4 is 0 Å². The number of hydrogen-bond acceptors (Lipinski definition) is 4. The van der Waals surface area contributed by atoms with Crippen LogP contribution in [0.5, 0.6) is 0 Å². The molecular formula is C13H13ClN4S. The fourth-order valence-corrected chi connectivity index (χ4v) is 2.85. The van der Waals surface area contributed by atoms with Crippen molar-refractivity contribution in [2.75, 3.05) is 0 Å². The third-order valence-corrected chi connectivity index (χ3v) is 3.94. The molecule has 98 valence electrons. The summed E-state index contributed by atoms with van der Waals surface area (Å²) in [6.45, 7) is 4.32. The molecule has 19 heavy (non-hydrogen) atoms. The lowest BCUT2D eigenvalue weighted by molar-refractivity contribution is 0.607. The molecule has 6 heteroatoms. The molecule has 0 N–H and O–H groups in total. The van der Waals surface area contributed by atoms with Crippen LogP contribution in [0.15, 0.2) is 24.3 Å². The van der Waals surface area contributed by atoms with Crippen LogP contribution in [-0.2, 0) is 6.42 Å². The standard InChI is InChI=1S/C13H13ClN4S/c1-8(2)7-11-15-16-13-18(11)17-12(19-13)9-3-5-10(14)6-4-9/h3-6,8H,7H2,1-2H3. The van der Waals surface area contributed by atoms with E-state index >= 15 is 0 Å². The second kappa shape index (κ2) is 4.90. The van der Waals surface area contributed by atoms with Gasteiger partial charge in [-0.3, -0.25) is 0 Å². The summed E-state index contributed by atoms with van der Waals surface area (Å²) in [4.78, 5) is 0.834. The Morgan fingerprint density at radius 3 is 2.63 bits per heavy atom. The molecule has 0 amide bonds. The Morgan fingerprint density at radius 2 is 1.95 bits per heavy atom. The van der Waals surface area contributed by atoms with Crippen LogP contribution in [0.4, 0.5) is 0 Å². The van der Waals surface area contributed by atoms with E-state index in [9.17, 15) is 0 Å². The number of halogens is 1. The number of benzene rings is 1. The first-order chi connectivity index (χ1) is 9.13. The molecule has 3 rings (SSSR count). The molecule has 2 heterocycles. The van der Waals surface area contributed by atoms with Crippen LogP contribution in [0.1, 0.15) is 19.7 Å². The summed E-state index contributed by atoms with van der Waals surface area (Å²) < 4.78 is 1.84. The van der Waals surface area contributed by atoms with Crippen molar-refractivity contribution in [2.45, 2.75) is 20.3 Å². The zero-order valence-electron chi connectivity index (χ0n) is 10.7. The lowest BCUT2D eigenvalue weighted by Crippen LogP contribution is -2.01. The van der Waals surface area contributed by atoms with Crippen molar-refractivity contribution in [3.05, 3.63) is 35.1 Å². The zero-order chi connectivity index (χ0) is 13.4. The van der Waals surface area contributed by atoms with Crippen LogP contribution in [0, 0.1) is 5.92 Å². The molecule has 2 aromatic heterocycles. The van der Waals surface area contributed by atoms with E-state index < -0.39 is 0 Å². The Balaban J connectivity index is 2.02. The van der Waals surface area contributed by atoms with Crippen LogP contribution in [0.2, 0.25) is 5.02 Å². The topological polar surface area (TPSA) is 43.1 Å². The fraction of sp³-hybridized carbons (Fsp3) is 0.308. The number of nitrogens with zero attached hydrogens (tertiary/aromatic N) is 4. The first-order valence-electron chi connectivity index (χ1n) is 6.10. The van der Waals surface area contributed by atoms with E-state index in [2.05, 4.69) is 29.1 Å². The van der Waals surface area contributed by atoms with Gasteiger partial charge < -0.3 is 0 Å². The highest BCUT2D eigenvalue weighted by Gasteiger charge is 2.13. The Kier molecular flexibility index (Phi) is 3.24. The first kappa shape index (κ1) is 12.6. The fourth-order valence-electron chi connectivity index (χ4n) is 1.86. The summed E-state index contributed by atoms with van der Waals surface area (Å²) in [5.41, 5.74) is 1.05. The average Bonchev–Trinajstić information content (AvgIpc) is 2.92. The Bertz CT molecular complexity index is 699. The Morgan fingerprint density at radius 1 is 1.21 bits per heavy atom. The van der Waals surface area contributed by atoms with E-state index in [1.165, 1.54) is 11.3 Å². The molecule has 0 fully saturated rings. The SMILES string of the molecule is CC(C)Cc1nnc2sc(-c3ccc(Cl)cc3)nn12. The molecule has 0 saturated heterocycles. The highest BCUT2D eigenvalue weighted by molar-refractivity contribution is 7.19. The average molecular weight is 293 g/mol. The van der Waals surface area contributed by atoms with E-state index in [1.54, 1.807) is 0 Å². The van der Waals surface area contributed by atoms with Gasteiger partial charge in [-0.2, -0.15) is 9.61 Å². The molecule has 1 aromatic carbocycles. The predicted octanol–water partition coefficient (Wildman–Crippen LogP) is 3.70. The van der Waals surface area contributed by atoms with Crippen molar-refractivity contribution in [1.82, 2.24) is 19.8 Å². The number of aromatic nitrogens is 4. The quantitative estimate of drug-likeness (QED) is 0.739. The maximum atomic E-state index is 5.89. The molecule has 0 aliphatic carbocycles. The third kappa shape index (κ3) is 2.48. The summed E-state index contributed by atoms with van der Waals surface area (Å²) >= 11 is 7.43. The van der Waals surface area contributed by atoms with Crippen LogP contribution >= 0.6 is 22.9 Å². The molecule has 0 aliphatic heterocycles. The molecule has 0 unspecified atom stereocenters. The maximum Gasteiger partial charge on any atom is 0.234 e. The first-order valence-corrected chi connectivity index (χ1v) is 7.30. The van der Waals surface area contributed by atoms with Crippen molar-refractivity contribution in [3.8, 4) is 10.6 Å². The Hall–Kier alpha value is -1.46. The van der Waals surface area contributed by atoms with Gasteiger partial charge in [0.15, 0.2) is 5.82 Å². The van der Waals surface area contributed by atoms with Crippen LogP contribution in [0.3, 0.4) is 0 Å². The smallest absolute Gasteiger partial charge is 0.187 e. The molecular weight excluding hydrogens is 280 g/mol. The van der Waals surface area contributed by atoms with Gasteiger partial charge in [0, 0.05) is 17.0 Å². The van der Waals surface area contributed by atoms with Crippen molar-refractivity contribution in [3.63, 3.8) is 0 Å². The van der Waals surface area contributed by atoms with E-state index in [4.69, 9.17) is 11.6 Å². The monoisotopic (exact) mass is 292 g/mol. The van der Waals surface area contributed by atoms with Gasteiger partial charge in [-0.05, 0) is 18.1 Å². The minimum absolute atomic E-state index is 0.535. The Labute approximate surface area is 120 Å². The second-order valence-electron chi connectivity index (χ2n) is 4.82. The van der Waals surface area contributed by atoms with Crippen molar-refractivity contribution < 1.29 is 0 Å². The van der Waals surface area contributed by atoms with Gasteiger partial charge in [-0.1, -0.05) is 48.9 Å². The van der Waals surface area contributed by atoms with E-state index in [-0.39, 0.29) is 0 Å². The van der Waals surface area contributed by atoms with Gasteiger partial charge in [0.1, 0.15) is 5.01 Å². The minimum atomic E-state index is 0.535. The van der Waals surface area contributed by atoms with Crippen molar-refractivity contribution in [2.24, 2.45) is 5.92 Å². The van der Waals surface area contributed by atoms with E-state index in [1.807, 2.05) is 28.8 Å². The molecule has 0 saturated carbocycles. The zero-order valence-corrected chi connectivity index (χ0v) is 12.2. The molecule has 0 radical (unpaired) electrons. The van der Waals surface area contributed by atoms with E-state index in [0.717, 1.165) is 32.8 Å². The normalized spacial score (nSPS) is 11.6. The summed E-state index contributed by atoms with van der Waals surface area (Å²) in [5.74, 6) is 1.45. The summed E-state index contributed by atoms with van der Waals surface area (Å²) in [5, 5.41) is 14.6. The van der Waals surface area contributed by atoms with Gasteiger partial charge in [0.25, 0.3) is 0 Å². The highest BCUT2D eigenvalue weighted by atomic mass is 35.5. The maximum absolute atomic E-state index is 5.89. The van der Waals surface area contributed by atoms with Crippen LogP contribution in [0.25, 0.3) is 15.5 Å². The lowest BCUT2D eigenvalue weighted by atomic mass is 10.1. The summed E-state index contributed by atoms with van der Waals surface area (Å²) in [7, 11) is 0. The number of rotatable bonds is 3. The van der Waals surface area contributed by atoms with Gasteiger partial charge in [-0.25, -0.2) is 0 Å². The number of hydrogen-bond donors (Lipinski definition) is 0. The molecule has 0 aliphatic rings.